The number of carboxylic acids is 1. The van der Waals surface area contributed by atoms with Crippen LogP contribution in [-0.2, 0) is 0 Å². The Morgan fingerprint density at radius 1 is 1.08 bits per heavy atom. The first-order chi connectivity index (χ1) is 12.6. The van der Waals surface area contributed by atoms with Gasteiger partial charge in [0.2, 0.25) is 0 Å². The first kappa shape index (κ1) is 15.8. The zero-order valence-corrected chi connectivity index (χ0v) is 13.8. The lowest BCUT2D eigenvalue weighted by Gasteiger charge is -2.02. The van der Waals surface area contributed by atoms with Crippen molar-refractivity contribution < 1.29 is 14.3 Å². The van der Waals surface area contributed by atoms with E-state index in [1.165, 1.54) is 6.07 Å². The molecule has 0 aliphatic heterocycles. The highest BCUT2D eigenvalue weighted by Gasteiger charge is 2.17. The summed E-state index contributed by atoms with van der Waals surface area (Å²) in [5.41, 5.74) is 2.53. The largest absolute Gasteiger partial charge is 0.478 e. The number of azo groups is 1. The summed E-state index contributed by atoms with van der Waals surface area (Å²) in [7, 11) is 0. The van der Waals surface area contributed by atoms with Crippen molar-refractivity contribution in [2.45, 2.75) is 6.92 Å². The minimum Gasteiger partial charge on any atom is -0.478 e. The van der Waals surface area contributed by atoms with Gasteiger partial charge in [-0.1, -0.05) is 18.2 Å². The number of carboxylic acid groups (broad SMARTS) is 1. The summed E-state index contributed by atoms with van der Waals surface area (Å²) < 4.78 is 7.32. The fourth-order valence-corrected chi connectivity index (χ4v) is 2.75. The van der Waals surface area contributed by atoms with E-state index in [-0.39, 0.29) is 11.3 Å². The van der Waals surface area contributed by atoms with Gasteiger partial charge in [-0.3, -0.25) is 4.40 Å². The SMILES string of the molecule is Cc1cccc2nc(-c3ccco3)c(N=Nc3ccccc3C(=O)O)n12. The molecule has 1 N–H and O–H groups in total. The number of rotatable bonds is 4. The fraction of sp³-hybridized carbons (Fsp3) is 0.0526. The van der Waals surface area contributed by atoms with Gasteiger partial charge in [-0.05, 0) is 43.3 Å². The van der Waals surface area contributed by atoms with Crippen LogP contribution in [0.15, 0.2) is 75.5 Å². The average Bonchev–Trinajstić information content (AvgIpc) is 3.28. The molecule has 0 atom stereocenters. The van der Waals surface area contributed by atoms with Gasteiger partial charge in [-0.2, -0.15) is 0 Å². The average molecular weight is 346 g/mol. The second-order valence-corrected chi connectivity index (χ2v) is 5.64. The van der Waals surface area contributed by atoms with Crippen LogP contribution in [0.2, 0.25) is 0 Å². The number of aromatic carboxylic acids is 1. The number of aromatic nitrogens is 2. The number of benzene rings is 1. The smallest absolute Gasteiger partial charge is 0.337 e. The third-order valence-corrected chi connectivity index (χ3v) is 3.96. The molecule has 0 bridgehead atoms. The molecular formula is C19H14N4O3. The molecule has 7 nitrogen and oxygen atoms in total. The molecule has 0 radical (unpaired) electrons. The van der Waals surface area contributed by atoms with Crippen LogP contribution in [0.5, 0.6) is 0 Å². The maximum absolute atomic E-state index is 11.4. The zero-order valence-electron chi connectivity index (χ0n) is 13.8. The minimum atomic E-state index is -1.06. The van der Waals surface area contributed by atoms with Crippen LogP contribution in [-0.4, -0.2) is 20.5 Å². The normalized spacial score (nSPS) is 11.4. The summed E-state index contributed by atoms with van der Waals surface area (Å²) in [5, 5.41) is 17.8. The van der Waals surface area contributed by atoms with Crippen molar-refractivity contribution in [3.05, 3.63) is 72.1 Å². The summed E-state index contributed by atoms with van der Waals surface area (Å²) in [6.45, 7) is 1.94. The van der Waals surface area contributed by atoms with Crippen LogP contribution >= 0.6 is 0 Å². The van der Waals surface area contributed by atoms with Gasteiger partial charge in [0.05, 0.1) is 11.8 Å². The van der Waals surface area contributed by atoms with Gasteiger partial charge in [0.25, 0.3) is 0 Å². The van der Waals surface area contributed by atoms with E-state index in [0.29, 0.717) is 22.9 Å². The van der Waals surface area contributed by atoms with Gasteiger partial charge >= 0.3 is 5.97 Å². The van der Waals surface area contributed by atoms with Gasteiger partial charge in [0.15, 0.2) is 17.3 Å². The molecule has 0 spiro atoms. The van der Waals surface area contributed by atoms with E-state index in [1.54, 1.807) is 36.6 Å². The molecule has 0 unspecified atom stereocenters. The predicted octanol–water partition coefficient (Wildman–Crippen LogP) is 5.02. The molecule has 3 aromatic heterocycles. The second kappa shape index (κ2) is 6.29. The van der Waals surface area contributed by atoms with Crippen molar-refractivity contribution in [2.24, 2.45) is 10.2 Å². The molecule has 4 rings (SSSR count). The van der Waals surface area contributed by atoms with Crippen LogP contribution in [0, 0.1) is 6.92 Å². The molecule has 7 heteroatoms. The number of hydrogen-bond donors (Lipinski definition) is 1. The van der Waals surface area contributed by atoms with Crippen molar-refractivity contribution in [1.82, 2.24) is 9.38 Å². The van der Waals surface area contributed by atoms with Gasteiger partial charge < -0.3 is 9.52 Å². The Kier molecular flexibility index (Phi) is 3.81. The standard InChI is InChI=1S/C19H14N4O3/c1-12-6-4-10-16-20-17(15-9-5-11-26-15)18(23(12)16)22-21-14-8-3-2-7-13(14)19(24)25/h2-11H,1H3,(H,24,25). The monoisotopic (exact) mass is 346 g/mol. The number of imidazole rings is 1. The molecule has 4 aromatic rings. The minimum absolute atomic E-state index is 0.0846. The number of fused-ring (bicyclic) bond motifs is 1. The van der Waals surface area contributed by atoms with Crippen LogP contribution in [0.3, 0.4) is 0 Å². The highest BCUT2D eigenvalue weighted by atomic mass is 16.4. The fourth-order valence-electron chi connectivity index (χ4n) is 2.75. The van der Waals surface area contributed by atoms with Gasteiger partial charge in [0.1, 0.15) is 11.3 Å². The van der Waals surface area contributed by atoms with Crippen molar-refractivity contribution in [1.29, 1.82) is 0 Å². The molecule has 0 aliphatic carbocycles. The third kappa shape index (κ3) is 2.65. The molecule has 128 valence electrons. The van der Waals surface area contributed by atoms with E-state index in [9.17, 15) is 9.90 Å². The van der Waals surface area contributed by atoms with E-state index in [4.69, 9.17) is 4.42 Å². The Morgan fingerprint density at radius 3 is 2.69 bits per heavy atom. The summed E-state index contributed by atoms with van der Waals surface area (Å²) in [6, 6.07) is 15.7. The summed E-state index contributed by atoms with van der Waals surface area (Å²) in [5.74, 6) is -0.0121. The number of carbonyl (C=O) groups is 1. The summed E-state index contributed by atoms with van der Waals surface area (Å²) >= 11 is 0. The Morgan fingerprint density at radius 2 is 1.92 bits per heavy atom. The number of furan rings is 1. The predicted molar refractivity (Wildman–Crippen MR) is 95.2 cm³/mol. The second-order valence-electron chi connectivity index (χ2n) is 5.64. The maximum Gasteiger partial charge on any atom is 0.337 e. The summed E-state index contributed by atoms with van der Waals surface area (Å²) in [4.78, 5) is 16.0. The van der Waals surface area contributed by atoms with E-state index >= 15 is 0 Å². The van der Waals surface area contributed by atoms with Crippen molar-refractivity contribution in [3.63, 3.8) is 0 Å². The van der Waals surface area contributed by atoms with Crippen LogP contribution < -0.4 is 0 Å². The lowest BCUT2D eigenvalue weighted by molar-refractivity contribution is 0.0697. The van der Waals surface area contributed by atoms with Crippen LogP contribution in [0.25, 0.3) is 17.1 Å². The van der Waals surface area contributed by atoms with Gasteiger partial charge in [-0.25, -0.2) is 9.78 Å². The lowest BCUT2D eigenvalue weighted by atomic mass is 10.2. The Balaban J connectivity index is 1.91. The lowest BCUT2D eigenvalue weighted by Crippen LogP contribution is -1.95. The first-order valence-corrected chi connectivity index (χ1v) is 7.91. The first-order valence-electron chi connectivity index (χ1n) is 7.91. The van der Waals surface area contributed by atoms with Crippen molar-refractivity contribution in [3.8, 4) is 11.5 Å². The Bertz CT molecular complexity index is 1130. The maximum atomic E-state index is 11.4. The molecule has 3 heterocycles. The third-order valence-electron chi connectivity index (χ3n) is 3.96. The molecule has 0 fully saturated rings. The topological polar surface area (TPSA) is 92.5 Å². The van der Waals surface area contributed by atoms with Gasteiger partial charge in [-0.15, -0.1) is 10.2 Å². The quantitative estimate of drug-likeness (QED) is 0.525. The molecular weight excluding hydrogens is 332 g/mol. The van der Waals surface area contributed by atoms with Crippen LogP contribution in [0.1, 0.15) is 16.1 Å². The molecule has 26 heavy (non-hydrogen) atoms. The zero-order chi connectivity index (χ0) is 18.1. The molecule has 0 aliphatic rings. The van der Waals surface area contributed by atoms with E-state index in [2.05, 4.69) is 15.2 Å². The molecule has 0 saturated carbocycles. The number of hydrogen-bond acceptors (Lipinski definition) is 5. The molecule has 0 amide bonds. The Hall–Kier alpha value is -3.74. The number of aryl methyl sites for hydroxylation is 1. The van der Waals surface area contributed by atoms with E-state index < -0.39 is 5.97 Å². The molecule has 0 saturated heterocycles. The molecule has 1 aromatic carbocycles. The van der Waals surface area contributed by atoms with Crippen molar-refractivity contribution in [2.75, 3.05) is 0 Å². The number of nitrogens with zero attached hydrogens (tertiary/aromatic N) is 4. The van der Waals surface area contributed by atoms with Crippen molar-refractivity contribution >= 4 is 23.1 Å². The summed E-state index contributed by atoms with van der Waals surface area (Å²) in [6.07, 6.45) is 1.56. The Labute approximate surface area is 148 Å². The van der Waals surface area contributed by atoms with E-state index in [1.807, 2.05) is 29.5 Å². The van der Waals surface area contributed by atoms with Gasteiger partial charge in [0, 0.05) is 5.69 Å². The highest BCUT2D eigenvalue weighted by Crippen LogP contribution is 2.33. The highest BCUT2D eigenvalue weighted by molar-refractivity contribution is 5.93. The van der Waals surface area contributed by atoms with E-state index in [0.717, 1.165) is 5.69 Å². The van der Waals surface area contributed by atoms with Crippen LogP contribution in [0.4, 0.5) is 11.5 Å². The number of pyridine rings is 1.